The van der Waals surface area contributed by atoms with Crippen molar-refractivity contribution in [1.29, 1.82) is 0 Å². The Morgan fingerprint density at radius 2 is 2.11 bits per heavy atom. The van der Waals surface area contributed by atoms with E-state index in [0.29, 0.717) is 6.54 Å². The van der Waals surface area contributed by atoms with E-state index >= 15 is 0 Å². The minimum atomic E-state index is -4.56. The van der Waals surface area contributed by atoms with Crippen LogP contribution in [-0.2, 0) is 10.9 Å². The van der Waals surface area contributed by atoms with Gasteiger partial charge in [0.2, 0.25) is 5.95 Å². The molecule has 1 aromatic heterocycles. The Hall–Kier alpha value is -1.61. The van der Waals surface area contributed by atoms with Gasteiger partial charge in [-0.3, -0.25) is 5.43 Å². The number of nitrogens with one attached hydrogen (secondary N) is 2. The van der Waals surface area contributed by atoms with Crippen molar-refractivity contribution in [3.05, 3.63) is 11.8 Å². The summed E-state index contributed by atoms with van der Waals surface area (Å²) in [5.74, 6) is 4.73. The van der Waals surface area contributed by atoms with Gasteiger partial charge < -0.3 is 10.1 Å². The molecule has 0 aliphatic heterocycles. The molecule has 1 atom stereocenters. The zero-order chi connectivity index (χ0) is 13.8. The predicted molar refractivity (Wildman–Crippen MR) is 59.8 cm³/mol. The standard InChI is InChI=1S/C9H14F3N5O/c1-5(18-2)4-14-7-3-6(9(10,11)12)15-8(16-7)17-13/h3,5H,4,13H2,1-2H3,(H2,14,15,16,17). The normalized spacial score (nSPS) is 13.2. The lowest BCUT2D eigenvalue weighted by atomic mass is 10.3. The second-order valence-corrected chi connectivity index (χ2v) is 3.53. The summed E-state index contributed by atoms with van der Waals surface area (Å²) in [7, 11) is 1.50. The highest BCUT2D eigenvalue weighted by Gasteiger charge is 2.33. The predicted octanol–water partition coefficient (Wildman–Crippen LogP) is 1.23. The zero-order valence-electron chi connectivity index (χ0n) is 9.88. The molecule has 4 N–H and O–H groups in total. The Balaban J connectivity index is 2.91. The number of anilines is 2. The van der Waals surface area contributed by atoms with Crippen molar-refractivity contribution in [1.82, 2.24) is 9.97 Å². The largest absolute Gasteiger partial charge is 0.433 e. The summed E-state index contributed by atoms with van der Waals surface area (Å²) >= 11 is 0. The van der Waals surface area contributed by atoms with Gasteiger partial charge in [0.25, 0.3) is 0 Å². The molecule has 0 amide bonds. The minimum Gasteiger partial charge on any atom is -0.380 e. The Kier molecular flexibility index (Phi) is 4.68. The summed E-state index contributed by atoms with van der Waals surface area (Å²) in [5.41, 5.74) is 0.917. The molecule has 1 heterocycles. The van der Waals surface area contributed by atoms with Gasteiger partial charge in [-0.25, -0.2) is 10.8 Å². The smallest absolute Gasteiger partial charge is 0.380 e. The SMILES string of the molecule is COC(C)CNc1cc(C(F)(F)F)nc(NN)n1. The number of nitrogens with two attached hydrogens (primary N) is 1. The fourth-order valence-electron chi connectivity index (χ4n) is 1.08. The average Bonchev–Trinajstić information content (AvgIpc) is 2.34. The molecular weight excluding hydrogens is 251 g/mol. The van der Waals surface area contributed by atoms with Crippen molar-refractivity contribution >= 4 is 11.8 Å². The maximum absolute atomic E-state index is 12.5. The van der Waals surface area contributed by atoms with E-state index in [1.54, 1.807) is 6.92 Å². The fourth-order valence-corrected chi connectivity index (χ4v) is 1.08. The molecule has 9 heteroatoms. The van der Waals surface area contributed by atoms with Crippen molar-refractivity contribution in [3.63, 3.8) is 0 Å². The number of alkyl halides is 3. The van der Waals surface area contributed by atoms with Crippen LogP contribution in [0.4, 0.5) is 24.9 Å². The summed E-state index contributed by atoms with van der Waals surface area (Å²) < 4.78 is 42.6. The van der Waals surface area contributed by atoms with E-state index < -0.39 is 11.9 Å². The van der Waals surface area contributed by atoms with Crippen LogP contribution in [-0.4, -0.2) is 29.7 Å². The number of aromatic nitrogens is 2. The van der Waals surface area contributed by atoms with Crippen molar-refractivity contribution in [3.8, 4) is 0 Å². The number of methoxy groups -OCH3 is 1. The lowest BCUT2D eigenvalue weighted by molar-refractivity contribution is -0.141. The van der Waals surface area contributed by atoms with E-state index in [1.165, 1.54) is 7.11 Å². The first-order valence-corrected chi connectivity index (χ1v) is 5.06. The van der Waals surface area contributed by atoms with E-state index in [4.69, 9.17) is 10.6 Å². The zero-order valence-corrected chi connectivity index (χ0v) is 9.88. The van der Waals surface area contributed by atoms with Gasteiger partial charge in [-0.2, -0.15) is 18.2 Å². The first kappa shape index (κ1) is 14.5. The molecule has 0 aliphatic carbocycles. The molecule has 1 rings (SSSR count). The van der Waals surface area contributed by atoms with E-state index in [-0.39, 0.29) is 17.9 Å². The van der Waals surface area contributed by atoms with Gasteiger partial charge in [0, 0.05) is 19.7 Å². The van der Waals surface area contributed by atoms with E-state index in [1.807, 2.05) is 5.43 Å². The van der Waals surface area contributed by atoms with E-state index in [9.17, 15) is 13.2 Å². The molecule has 102 valence electrons. The number of rotatable bonds is 5. The van der Waals surface area contributed by atoms with Crippen LogP contribution >= 0.6 is 0 Å². The summed E-state index contributed by atoms with van der Waals surface area (Å²) in [4.78, 5) is 6.98. The molecule has 6 nitrogen and oxygen atoms in total. The number of hydrogen-bond donors (Lipinski definition) is 3. The van der Waals surface area contributed by atoms with E-state index in [2.05, 4.69) is 15.3 Å². The van der Waals surface area contributed by atoms with Gasteiger partial charge in [0.05, 0.1) is 6.10 Å². The van der Waals surface area contributed by atoms with Crippen LogP contribution in [0.15, 0.2) is 6.07 Å². The van der Waals surface area contributed by atoms with E-state index in [0.717, 1.165) is 6.07 Å². The molecule has 0 saturated carbocycles. The molecule has 0 aromatic carbocycles. The van der Waals surface area contributed by atoms with Gasteiger partial charge in [-0.15, -0.1) is 0 Å². The highest BCUT2D eigenvalue weighted by Crippen LogP contribution is 2.29. The molecular formula is C9H14F3N5O. The minimum absolute atomic E-state index is 0.0224. The summed E-state index contributed by atoms with van der Waals surface area (Å²) in [6.45, 7) is 2.08. The third-order valence-electron chi connectivity index (χ3n) is 2.12. The second kappa shape index (κ2) is 5.83. The summed E-state index contributed by atoms with van der Waals surface area (Å²) in [6.07, 6.45) is -4.72. The fraction of sp³-hybridized carbons (Fsp3) is 0.556. The summed E-state index contributed by atoms with van der Waals surface area (Å²) in [6, 6.07) is 0.809. The molecule has 18 heavy (non-hydrogen) atoms. The van der Waals surface area contributed by atoms with Crippen LogP contribution in [0.1, 0.15) is 12.6 Å². The van der Waals surface area contributed by atoms with Gasteiger partial charge in [-0.1, -0.05) is 0 Å². The molecule has 1 unspecified atom stereocenters. The van der Waals surface area contributed by atoms with Crippen molar-refractivity contribution in [2.75, 3.05) is 24.4 Å². The second-order valence-electron chi connectivity index (χ2n) is 3.53. The monoisotopic (exact) mass is 265 g/mol. The summed E-state index contributed by atoms with van der Waals surface area (Å²) in [5, 5.41) is 2.71. The average molecular weight is 265 g/mol. The Morgan fingerprint density at radius 1 is 1.44 bits per heavy atom. The Morgan fingerprint density at radius 3 is 2.61 bits per heavy atom. The molecule has 0 fully saturated rings. The first-order valence-electron chi connectivity index (χ1n) is 5.06. The third kappa shape index (κ3) is 4.00. The Bertz CT molecular complexity index is 398. The van der Waals surface area contributed by atoms with Crippen LogP contribution in [0, 0.1) is 0 Å². The maximum atomic E-state index is 12.5. The maximum Gasteiger partial charge on any atom is 0.433 e. The van der Waals surface area contributed by atoms with Gasteiger partial charge in [0.1, 0.15) is 5.82 Å². The van der Waals surface area contributed by atoms with Crippen molar-refractivity contribution in [2.24, 2.45) is 5.84 Å². The lowest BCUT2D eigenvalue weighted by Crippen LogP contribution is -2.21. The molecule has 0 spiro atoms. The number of hydrazine groups is 1. The van der Waals surface area contributed by atoms with Crippen LogP contribution in [0.25, 0.3) is 0 Å². The van der Waals surface area contributed by atoms with Crippen LogP contribution in [0.2, 0.25) is 0 Å². The van der Waals surface area contributed by atoms with Gasteiger partial charge >= 0.3 is 6.18 Å². The number of ether oxygens (including phenoxy) is 1. The lowest BCUT2D eigenvalue weighted by Gasteiger charge is -2.13. The number of hydrogen-bond acceptors (Lipinski definition) is 6. The van der Waals surface area contributed by atoms with Crippen molar-refractivity contribution < 1.29 is 17.9 Å². The number of nitrogens with zero attached hydrogens (tertiary/aromatic N) is 2. The van der Waals surface area contributed by atoms with Crippen LogP contribution < -0.4 is 16.6 Å². The van der Waals surface area contributed by atoms with Crippen LogP contribution in [0.3, 0.4) is 0 Å². The molecule has 0 bridgehead atoms. The molecule has 0 saturated heterocycles. The highest BCUT2D eigenvalue weighted by molar-refractivity contribution is 5.42. The highest BCUT2D eigenvalue weighted by atomic mass is 19.4. The van der Waals surface area contributed by atoms with Gasteiger partial charge in [0.15, 0.2) is 5.69 Å². The van der Waals surface area contributed by atoms with Gasteiger partial charge in [-0.05, 0) is 6.92 Å². The molecule has 1 aromatic rings. The molecule has 0 aliphatic rings. The number of nitrogen functional groups attached to an aromatic ring is 1. The third-order valence-corrected chi connectivity index (χ3v) is 2.12. The Labute approximate surface area is 102 Å². The molecule has 0 radical (unpaired) electrons. The first-order chi connectivity index (χ1) is 8.36. The quantitative estimate of drug-likeness (QED) is 0.548. The number of halogens is 3. The van der Waals surface area contributed by atoms with Crippen LogP contribution in [0.5, 0.6) is 0 Å². The topological polar surface area (TPSA) is 85.1 Å². The van der Waals surface area contributed by atoms with Crippen molar-refractivity contribution in [2.45, 2.75) is 19.2 Å².